The molecule has 0 radical (unpaired) electrons. The molecule has 1 saturated carbocycles. The van der Waals surface area contributed by atoms with Gasteiger partial charge in [-0.1, -0.05) is 15.9 Å². The summed E-state index contributed by atoms with van der Waals surface area (Å²) in [6.07, 6.45) is 0.883. The van der Waals surface area contributed by atoms with Gasteiger partial charge in [-0.3, -0.25) is 0 Å². The quantitative estimate of drug-likeness (QED) is 0.905. The molecule has 3 atom stereocenters. The van der Waals surface area contributed by atoms with Crippen molar-refractivity contribution < 1.29 is 13.9 Å². The van der Waals surface area contributed by atoms with E-state index in [2.05, 4.69) is 21.2 Å². The van der Waals surface area contributed by atoms with Gasteiger partial charge in [-0.05, 0) is 26.1 Å². The average molecular weight is 318 g/mol. The molecular weight excluding hydrogens is 301 g/mol. The molecule has 5 heteroatoms. The highest BCUT2D eigenvalue weighted by Gasteiger charge is 2.42. The summed E-state index contributed by atoms with van der Waals surface area (Å²) in [6, 6.07) is 4.87. The molecule has 18 heavy (non-hydrogen) atoms. The lowest BCUT2D eigenvalue weighted by molar-refractivity contribution is -0.103. The maximum atomic E-state index is 13.2. The van der Waals surface area contributed by atoms with E-state index < -0.39 is 0 Å². The van der Waals surface area contributed by atoms with Crippen molar-refractivity contribution in [3.8, 4) is 5.75 Å². The first-order chi connectivity index (χ1) is 8.63. The SMILES string of the molecule is CCOC1C(NC)CC1Oc1cc(F)cc(Br)c1. The Bertz CT molecular complexity index is 396. The lowest BCUT2D eigenvalue weighted by atomic mass is 9.85. The second-order valence-corrected chi connectivity index (χ2v) is 5.23. The highest BCUT2D eigenvalue weighted by atomic mass is 79.9. The van der Waals surface area contributed by atoms with Crippen LogP contribution in [-0.4, -0.2) is 31.9 Å². The zero-order chi connectivity index (χ0) is 13.1. The standard InChI is InChI=1S/C13H17BrFNO2/c1-3-17-13-11(16-2)7-12(13)18-10-5-8(14)4-9(15)6-10/h4-6,11-13,16H,3,7H2,1-2H3. The van der Waals surface area contributed by atoms with Crippen LogP contribution in [0.1, 0.15) is 13.3 Å². The molecule has 0 aliphatic heterocycles. The van der Waals surface area contributed by atoms with Gasteiger partial charge in [-0.15, -0.1) is 0 Å². The van der Waals surface area contributed by atoms with E-state index in [1.54, 1.807) is 6.07 Å². The minimum absolute atomic E-state index is 0.0175. The van der Waals surface area contributed by atoms with Crippen molar-refractivity contribution in [1.29, 1.82) is 0 Å². The summed E-state index contributed by atoms with van der Waals surface area (Å²) in [5, 5.41) is 3.19. The number of ether oxygens (including phenoxy) is 2. The van der Waals surface area contributed by atoms with Crippen molar-refractivity contribution in [1.82, 2.24) is 5.32 Å². The summed E-state index contributed by atoms with van der Waals surface area (Å²) < 4.78 is 25.3. The predicted octanol–water partition coefficient (Wildman–Crippen LogP) is 2.73. The summed E-state index contributed by atoms with van der Waals surface area (Å²) in [7, 11) is 1.91. The van der Waals surface area contributed by atoms with Crippen molar-refractivity contribution in [3.63, 3.8) is 0 Å². The van der Waals surface area contributed by atoms with Crippen molar-refractivity contribution in [3.05, 3.63) is 28.5 Å². The van der Waals surface area contributed by atoms with Crippen molar-refractivity contribution in [2.45, 2.75) is 31.6 Å². The van der Waals surface area contributed by atoms with Gasteiger partial charge in [0, 0.05) is 29.6 Å². The molecule has 1 fully saturated rings. The lowest BCUT2D eigenvalue weighted by Gasteiger charge is -2.43. The number of rotatable bonds is 5. The molecule has 2 rings (SSSR count). The fourth-order valence-electron chi connectivity index (χ4n) is 2.17. The van der Waals surface area contributed by atoms with Crippen LogP contribution in [-0.2, 0) is 4.74 Å². The Labute approximate surface area is 115 Å². The molecule has 1 aromatic carbocycles. The minimum atomic E-state index is -0.308. The van der Waals surface area contributed by atoms with Crippen LogP contribution in [0.5, 0.6) is 5.75 Å². The number of nitrogens with one attached hydrogen (secondary N) is 1. The summed E-state index contributed by atoms with van der Waals surface area (Å²) in [4.78, 5) is 0. The van der Waals surface area contributed by atoms with E-state index in [1.807, 2.05) is 14.0 Å². The normalized spacial score (nSPS) is 26.8. The fraction of sp³-hybridized carbons (Fsp3) is 0.538. The maximum Gasteiger partial charge on any atom is 0.128 e. The molecule has 0 saturated heterocycles. The van der Waals surface area contributed by atoms with Gasteiger partial charge in [-0.2, -0.15) is 0 Å². The van der Waals surface area contributed by atoms with Gasteiger partial charge in [0.25, 0.3) is 0 Å². The fourth-order valence-corrected chi connectivity index (χ4v) is 2.61. The molecule has 1 aliphatic rings. The summed E-state index contributed by atoms with van der Waals surface area (Å²) in [6.45, 7) is 2.61. The van der Waals surface area contributed by atoms with Crippen LogP contribution in [0.25, 0.3) is 0 Å². The van der Waals surface area contributed by atoms with Crippen LogP contribution in [0, 0.1) is 5.82 Å². The van der Waals surface area contributed by atoms with E-state index in [9.17, 15) is 4.39 Å². The Hall–Kier alpha value is -0.650. The molecule has 0 aromatic heterocycles. The van der Waals surface area contributed by atoms with E-state index >= 15 is 0 Å². The molecule has 1 aromatic rings. The van der Waals surface area contributed by atoms with Crippen molar-refractivity contribution in [2.24, 2.45) is 0 Å². The summed E-state index contributed by atoms with van der Waals surface area (Å²) >= 11 is 3.25. The van der Waals surface area contributed by atoms with E-state index in [0.29, 0.717) is 22.9 Å². The first-order valence-electron chi connectivity index (χ1n) is 6.05. The Kier molecular flexibility index (Phi) is 4.59. The molecule has 0 spiro atoms. The highest BCUT2D eigenvalue weighted by molar-refractivity contribution is 9.10. The molecule has 0 amide bonds. The second kappa shape index (κ2) is 5.99. The smallest absolute Gasteiger partial charge is 0.128 e. The minimum Gasteiger partial charge on any atom is -0.487 e. The monoisotopic (exact) mass is 317 g/mol. The summed E-state index contributed by atoms with van der Waals surface area (Å²) in [5.74, 6) is 0.225. The molecule has 3 unspecified atom stereocenters. The number of hydrogen-bond donors (Lipinski definition) is 1. The molecule has 0 bridgehead atoms. The van der Waals surface area contributed by atoms with Crippen LogP contribution in [0.4, 0.5) is 4.39 Å². The second-order valence-electron chi connectivity index (χ2n) is 4.31. The number of halogens is 2. The average Bonchev–Trinajstić information content (AvgIpc) is 2.30. The Morgan fingerprint density at radius 3 is 2.83 bits per heavy atom. The van der Waals surface area contributed by atoms with Gasteiger partial charge in [0.1, 0.15) is 23.8 Å². The Morgan fingerprint density at radius 2 is 2.22 bits per heavy atom. The third-order valence-electron chi connectivity index (χ3n) is 3.10. The zero-order valence-corrected chi connectivity index (χ0v) is 12.0. The van der Waals surface area contributed by atoms with Gasteiger partial charge in [0.05, 0.1) is 0 Å². The number of likely N-dealkylation sites (N-methyl/N-ethyl adjacent to an activating group) is 1. The molecular formula is C13H17BrFNO2. The van der Waals surface area contributed by atoms with Crippen LogP contribution in [0.2, 0.25) is 0 Å². The first kappa shape index (κ1) is 13.8. The Balaban J connectivity index is 2.01. The third-order valence-corrected chi connectivity index (χ3v) is 3.56. The zero-order valence-electron chi connectivity index (χ0n) is 10.5. The van der Waals surface area contributed by atoms with Crippen molar-refractivity contribution in [2.75, 3.05) is 13.7 Å². The van der Waals surface area contributed by atoms with Crippen LogP contribution >= 0.6 is 15.9 Å². The lowest BCUT2D eigenvalue weighted by Crippen LogP contribution is -2.60. The Morgan fingerprint density at radius 1 is 1.44 bits per heavy atom. The van der Waals surface area contributed by atoms with Crippen molar-refractivity contribution >= 4 is 15.9 Å². The molecule has 0 heterocycles. The van der Waals surface area contributed by atoms with E-state index in [0.717, 1.165) is 6.42 Å². The summed E-state index contributed by atoms with van der Waals surface area (Å²) in [5.41, 5.74) is 0. The third kappa shape index (κ3) is 3.02. The van der Waals surface area contributed by atoms with E-state index in [1.165, 1.54) is 12.1 Å². The molecule has 1 aliphatic carbocycles. The topological polar surface area (TPSA) is 30.5 Å². The first-order valence-corrected chi connectivity index (χ1v) is 6.85. The van der Waals surface area contributed by atoms with Crippen LogP contribution in [0.15, 0.2) is 22.7 Å². The van der Waals surface area contributed by atoms with Gasteiger partial charge in [-0.25, -0.2) is 4.39 Å². The highest BCUT2D eigenvalue weighted by Crippen LogP contribution is 2.30. The largest absolute Gasteiger partial charge is 0.487 e. The van der Waals surface area contributed by atoms with Gasteiger partial charge >= 0.3 is 0 Å². The van der Waals surface area contributed by atoms with E-state index in [4.69, 9.17) is 9.47 Å². The van der Waals surface area contributed by atoms with Gasteiger partial charge in [0.15, 0.2) is 0 Å². The number of benzene rings is 1. The van der Waals surface area contributed by atoms with E-state index in [-0.39, 0.29) is 18.0 Å². The molecule has 100 valence electrons. The van der Waals surface area contributed by atoms with Crippen LogP contribution < -0.4 is 10.1 Å². The predicted molar refractivity (Wildman–Crippen MR) is 71.4 cm³/mol. The molecule has 1 N–H and O–H groups in total. The van der Waals surface area contributed by atoms with Gasteiger partial charge in [0.2, 0.25) is 0 Å². The maximum absolute atomic E-state index is 13.2. The molecule has 3 nitrogen and oxygen atoms in total. The van der Waals surface area contributed by atoms with Crippen LogP contribution in [0.3, 0.4) is 0 Å². The van der Waals surface area contributed by atoms with Gasteiger partial charge < -0.3 is 14.8 Å². The number of hydrogen-bond acceptors (Lipinski definition) is 3.